The molecule has 0 aromatic carbocycles. The number of amides is 1. The van der Waals surface area contributed by atoms with Crippen LogP contribution in [0.1, 0.15) is 38.4 Å². The molecule has 1 aromatic heterocycles. The Morgan fingerprint density at radius 3 is 2.88 bits per heavy atom. The van der Waals surface area contributed by atoms with Crippen molar-refractivity contribution in [3.05, 3.63) is 5.82 Å². The van der Waals surface area contributed by atoms with Crippen LogP contribution in [-0.2, 0) is 4.79 Å². The number of carbonyl (C=O) groups is 1. The Morgan fingerprint density at radius 2 is 2.29 bits per heavy atom. The lowest BCUT2D eigenvalue weighted by atomic mass is 10.1. The largest absolute Gasteiger partial charge is 0.356 e. The van der Waals surface area contributed by atoms with E-state index in [-0.39, 0.29) is 5.91 Å². The van der Waals surface area contributed by atoms with Gasteiger partial charge in [-0.3, -0.25) is 4.79 Å². The van der Waals surface area contributed by atoms with Gasteiger partial charge in [-0.05, 0) is 6.42 Å². The van der Waals surface area contributed by atoms with Crippen LogP contribution in [0.2, 0.25) is 0 Å². The molecule has 1 N–H and O–H groups in total. The van der Waals surface area contributed by atoms with E-state index >= 15 is 0 Å². The average Bonchev–Trinajstić information content (AvgIpc) is 2.72. The molecule has 6 heteroatoms. The Bertz CT molecular complexity index is 404. The maximum absolute atomic E-state index is 11.4. The minimum absolute atomic E-state index is 0.225. The molecule has 0 radical (unpaired) electrons. The van der Waals surface area contributed by atoms with Crippen molar-refractivity contribution < 1.29 is 4.79 Å². The Balaban J connectivity index is 1.94. The van der Waals surface area contributed by atoms with Gasteiger partial charge in [-0.15, -0.1) is 0 Å². The lowest BCUT2D eigenvalue weighted by Crippen LogP contribution is -2.43. The zero-order chi connectivity index (χ0) is 12.4. The quantitative estimate of drug-likeness (QED) is 0.892. The van der Waals surface area contributed by atoms with Crippen molar-refractivity contribution in [1.29, 1.82) is 0 Å². The number of nitrogens with zero attached hydrogens (tertiary/aromatic N) is 3. The van der Waals surface area contributed by atoms with Crippen LogP contribution in [0.3, 0.4) is 0 Å². The van der Waals surface area contributed by atoms with Crippen molar-refractivity contribution in [3.63, 3.8) is 0 Å². The first kappa shape index (κ1) is 12.3. The van der Waals surface area contributed by atoms with E-state index in [9.17, 15) is 4.79 Å². The number of likely N-dealkylation sites (N-methyl/N-ethyl adjacent to an activating group) is 1. The highest BCUT2D eigenvalue weighted by molar-refractivity contribution is 7.09. The zero-order valence-corrected chi connectivity index (χ0v) is 11.3. The molecule has 0 spiro atoms. The SMILES string of the molecule is CC(C)c1nsc(N[C@H]2CCC(=O)N(C)C2)n1. The molecule has 2 rings (SSSR count). The second-order valence-electron chi connectivity index (χ2n) is 4.77. The average molecular weight is 254 g/mol. The molecule has 0 unspecified atom stereocenters. The molecule has 1 aliphatic heterocycles. The van der Waals surface area contributed by atoms with Crippen LogP contribution in [0.5, 0.6) is 0 Å². The van der Waals surface area contributed by atoms with E-state index in [0.29, 0.717) is 18.4 Å². The normalized spacial score (nSPS) is 21.1. The van der Waals surface area contributed by atoms with E-state index in [1.165, 1.54) is 11.5 Å². The first-order chi connectivity index (χ1) is 8.06. The Kier molecular flexibility index (Phi) is 3.61. The number of carbonyl (C=O) groups excluding carboxylic acids is 1. The molecule has 1 atom stereocenters. The van der Waals surface area contributed by atoms with Crippen molar-refractivity contribution in [2.45, 2.75) is 38.6 Å². The fourth-order valence-electron chi connectivity index (χ4n) is 1.83. The predicted molar refractivity (Wildman–Crippen MR) is 68.3 cm³/mol. The van der Waals surface area contributed by atoms with Gasteiger partial charge in [0.2, 0.25) is 11.0 Å². The van der Waals surface area contributed by atoms with Crippen molar-refractivity contribution in [2.24, 2.45) is 0 Å². The van der Waals surface area contributed by atoms with E-state index in [0.717, 1.165) is 23.9 Å². The van der Waals surface area contributed by atoms with Crippen molar-refractivity contribution in [2.75, 3.05) is 18.9 Å². The van der Waals surface area contributed by atoms with Gasteiger partial charge < -0.3 is 10.2 Å². The molecule has 1 aromatic rings. The Hall–Kier alpha value is -1.17. The summed E-state index contributed by atoms with van der Waals surface area (Å²) >= 11 is 1.40. The summed E-state index contributed by atoms with van der Waals surface area (Å²) in [5, 5.41) is 4.22. The third-order valence-corrected chi connectivity index (χ3v) is 3.57. The maximum atomic E-state index is 11.4. The highest BCUT2D eigenvalue weighted by Gasteiger charge is 2.23. The predicted octanol–water partition coefficient (Wildman–Crippen LogP) is 1.69. The fraction of sp³-hybridized carbons (Fsp3) is 0.727. The molecule has 5 nitrogen and oxygen atoms in total. The van der Waals surface area contributed by atoms with Crippen LogP contribution in [0.25, 0.3) is 0 Å². The summed E-state index contributed by atoms with van der Waals surface area (Å²) < 4.78 is 4.30. The van der Waals surface area contributed by atoms with E-state index < -0.39 is 0 Å². The maximum Gasteiger partial charge on any atom is 0.222 e. The molecular weight excluding hydrogens is 236 g/mol. The minimum atomic E-state index is 0.225. The summed E-state index contributed by atoms with van der Waals surface area (Å²) in [5.74, 6) is 1.47. The van der Waals surface area contributed by atoms with Crippen LogP contribution < -0.4 is 5.32 Å². The summed E-state index contributed by atoms with van der Waals surface area (Å²) in [5.41, 5.74) is 0. The number of piperidine rings is 1. The summed E-state index contributed by atoms with van der Waals surface area (Å²) in [7, 11) is 1.84. The van der Waals surface area contributed by atoms with Gasteiger partial charge in [0.05, 0.1) is 0 Å². The van der Waals surface area contributed by atoms with E-state index in [2.05, 4.69) is 28.5 Å². The van der Waals surface area contributed by atoms with Crippen molar-refractivity contribution in [3.8, 4) is 0 Å². The van der Waals surface area contributed by atoms with E-state index in [1.54, 1.807) is 4.90 Å². The van der Waals surface area contributed by atoms with Crippen LogP contribution in [-0.4, -0.2) is 39.8 Å². The number of nitrogens with one attached hydrogen (secondary N) is 1. The molecule has 0 bridgehead atoms. The highest BCUT2D eigenvalue weighted by atomic mass is 32.1. The van der Waals surface area contributed by atoms with Gasteiger partial charge in [-0.2, -0.15) is 4.37 Å². The summed E-state index contributed by atoms with van der Waals surface area (Å²) in [6.45, 7) is 4.91. The molecule has 1 fully saturated rings. The third kappa shape index (κ3) is 2.94. The van der Waals surface area contributed by atoms with Gasteiger partial charge in [0.25, 0.3) is 0 Å². The van der Waals surface area contributed by atoms with Gasteiger partial charge in [-0.1, -0.05) is 13.8 Å². The molecule has 1 amide bonds. The Labute approximate surface area is 105 Å². The fourth-order valence-corrected chi connectivity index (χ4v) is 2.62. The van der Waals surface area contributed by atoms with Crippen LogP contribution in [0.4, 0.5) is 5.13 Å². The van der Waals surface area contributed by atoms with Crippen LogP contribution in [0, 0.1) is 0 Å². The van der Waals surface area contributed by atoms with Gasteiger partial charge in [0.1, 0.15) is 5.82 Å². The number of rotatable bonds is 3. The number of aromatic nitrogens is 2. The second kappa shape index (κ2) is 5.00. The number of hydrogen-bond donors (Lipinski definition) is 1. The molecular formula is C11H18N4OS. The molecule has 1 aliphatic rings. The summed E-state index contributed by atoms with van der Waals surface area (Å²) in [6, 6.07) is 0.297. The number of hydrogen-bond acceptors (Lipinski definition) is 5. The van der Waals surface area contributed by atoms with E-state index in [1.807, 2.05) is 7.05 Å². The first-order valence-electron chi connectivity index (χ1n) is 5.90. The number of anilines is 1. The van der Waals surface area contributed by atoms with Gasteiger partial charge in [-0.25, -0.2) is 4.98 Å². The van der Waals surface area contributed by atoms with Crippen LogP contribution in [0.15, 0.2) is 0 Å². The molecule has 94 valence electrons. The highest BCUT2D eigenvalue weighted by Crippen LogP contribution is 2.20. The lowest BCUT2D eigenvalue weighted by Gasteiger charge is -2.29. The second-order valence-corrected chi connectivity index (χ2v) is 5.52. The van der Waals surface area contributed by atoms with Crippen molar-refractivity contribution >= 4 is 22.6 Å². The molecule has 17 heavy (non-hydrogen) atoms. The molecule has 0 aliphatic carbocycles. The van der Waals surface area contributed by atoms with Gasteiger partial charge in [0, 0.05) is 43.5 Å². The summed E-state index contributed by atoms with van der Waals surface area (Å²) in [6.07, 6.45) is 1.49. The first-order valence-corrected chi connectivity index (χ1v) is 6.67. The molecule has 2 heterocycles. The van der Waals surface area contributed by atoms with Crippen molar-refractivity contribution in [1.82, 2.24) is 14.3 Å². The monoisotopic (exact) mass is 254 g/mol. The minimum Gasteiger partial charge on any atom is -0.356 e. The zero-order valence-electron chi connectivity index (χ0n) is 10.4. The Morgan fingerprint density at radius 1 is 1.53 bits per heavy atom. The van der Waals surface area contributed by atoms with Gasteiger partial charge >= 0.3 is 0 Å². The van der Waals surface area contributed by atoms with Gasteiger partial charge in [0.15, 0.2) is 0 Å². The standard InChI is InChI=1S/C11H18N4OS/c1-7(2)10-13-11(17-14-10)12-8-4-5-9(16)15(3)6-8/h7-8H,4-6H2,1-3H3,(H,12,13,14)/t8-/m0/s1. The van der Waals surface area contributed by atoms with Crippen LogP contribution >= 0.6 is 11.5 Å². The summed E-state index contributed by atoms with van der Waals surface area (Å²) in [4.78, 5) is 17.6. The topological polar surface area (TPSA) is 58.1 Å². The number of likely N-dealkylation sites (tertiary alicyclic amines) is 1. The lowest BCUT2D eigenvalue weighted by molar-refractivity contribution is -0.132. The smallest absolute Gasteiger partial charge is 0.222 e. The molecule has 1 saturated heterocycles. The molecule has 0 saturated carbocycles. The third-order valence-electron chi connectivity index (χ3n) is 2.91. The van der Waals surface area contributed by atoms with E-state index in [4.69, 9.17) is 0 Å².